The summed E-state index contributed by atoms with van der Waals surface area (Å²) in [7, 11) is 1.40. The lowest BCUT2D eigenvalue weighted by atomic mass is 9.62. The average Bonchev–Trinajstić information content (AvgIpc) is 2.03. The van der Waals surface area contributed by atoms with E-state index in [2.05, 4.69) is 21.2 Å². The van der Waals surface area contributed by atoms with Crippen molar-refractivity contribution in [1.29, 1.82) is 0 Å². The minimum Gasteiger partial charge on any atom is -0.444 e. The largest absolute Gasteiger partial charge is 0.444 e. The van der Waals surface area contributed by atoms with Gasteiger partial charge in [-0.05, 0) is 33.6 Å². The number of hydrogen-bond acceptors (Lipinski definition) is 4. The van der Waals surface area contributed by atoms with Crippen LogP contribution in [0.25, 0.3) is 0 Å². The van der Waals surface area contributed by atoms with Crippen molar-refractivity contribution in [2.24, 2.45) is 5.41 Å². The van der Waals surface area contributed by atoms with E-state index in [0.717, 1.165) is 25.9 Å². The summed E-state index contributed by atoms with van der Waals surface area (Å²) in [4.78, 5) is 13.5. The van der Waals surface area contributed by atoms with Crippen molar-refractivity contribution in [2.45, 2.75) is 45.3 Å². The molecule has 0 aromatic heterocycles. The van der Waals surface area contributed by atoms with E-state index in [9.17, 15) is 4.79 Å². The van der Waals surface area contributed by atoms with Crippen LogP contribution < -0.4 is 0 Å². The van der Waals surface area contributed by atoms with Crippen molar-refractivity contribution in [1.82, 2.24) is 4.90 Å². The van der Waals surface area contributed by atoms with E-state index in [4.69, 9.17) is 8.92 Å². The Morgan fingerprint density at radius 3 is 2.47 bits per heavy atom. The molecule has 2 rings (SSSR count). The van der Waals surface area contributed by atoms with E-state index in [1.54, 1.807) is 4.90 Å². The summed E-state index contributed by atoms with van der Waals surface area (Å²) in [5.74, 6) is 0. The van der Waals surface area contributed by atoms with Gasteiger partial charge in [-0.15, -0.1) is 0 Å². The maximum Gasteiger partial charge on any atom is 0.410 e. The first-order valence-electron chi connectivity index (χ1n) is 5.76. The zero-order chi connectivity index (χ0) is 12.7. The molecule has 1 spiro atoms. The monoisotopic (exact) mass is 371 g/mol. The molecule has 0 aromatic rings. The number of halogens is 1. The summed E-state index contributed by atoms with van der Waals surface area (Å²) in [6.45, 7) is 7.34. The number of nitrogens with zero attached hydrogens (tertiary/aromatic N) is 1. The van der Waals surface area contributed by atoms with Gasteiger partial charge in [0.05, 0.1) is 15.3 Å². The summed E-state index contributed by atoms with van der Waals surface area (Å²) in [6, 6.07) is 0. The lowest BCUT2D eigenvalue weighted by molar-refractivity contribution is -0.112. The molecule has 0 atom stereocenters. The smallest absolute Gasteiger partial charge is 0.410 e. The van der Waals surface area contributed by atoms with Crippen LogP contribution in [0.4, 0.5) is 4.79 Å². The van der Waals surface area contributed by atoms with Crippen LogP contribution in [0.15, 0.2) is 0 Å². The van der Waals surface area contributed by atoms with E-state index in [1.807, 2.05) is 20.8 Å². The molecule has 0 radical (unpaired) electrons. The van der Waals surface area contributed by atoms with Gasteiger partial charge in [-0.2, -0.15) is 0 Å². The van der Waals surface area contributed by atoms with Crippen LogP contribution in [0.5, 0.6) is 0 Å². The summed E-state index contributed by atoms with van der Waals surface area (Å²) >= 11 is 2.14. The Morgan fingerprint density at radius 1 is 1.41 bits per heavy atom. The molecule has 2 aliphatic rings. The molecule has 1 saturated heterocycles. The van der Waals surface area contributed by atoms with Crippen molar-refractivity contribution in [3.63, 3.8) is 0 Å². The quantitative estimate of drug-likeness (QED) is 0.551. The van der Waals surface area contributed by atoms with Gasteiger partial charge in [-0.1, -0.05) is 0 Å². The van der Waals surface area contributed by atoms with E-state index in [0.29, 0.717) is 11.5 Å². The van der Waals surface area contributed by atoms with Crippen LogP contribution in [0.2, 0.25) is 0 Å². The first-order valence-corrected chi connectivity index (χ1v) is 9.04. The molecule has 6 heteroatoms. The van der Waals surface area contributed by atoms with Crippen molar-refractivity contribution in [3.05, 3.63) is 0 Å². The van der Waals surface area contributed by atoms with Crippen molar-refractivity contribution in [2.75, 3.05) is 13.1 Å². The van der Waals surface area contributed by atoms with Crippen LogP contribution in [0, 0.1) is 5.41 Å². The van der Waals surface area contributed by atoms with Gasteiger partial charge >= 0.3 is 6.09 Å². The molecule has 1 heterocycles. The Hall–Kier alpha value is 0.310. The molecule has 0 N–H and O–H groups in total. The Labute approximate surface area is 119 Å². The van der Waals surface area contributed by atoms with Crippen LogP contribution >= 0.6 is 30.4 Å². The first-order chi connectivity index (χ1) is 7.84. The van der Waals surface area contributed by atoms with Gasteiger partial charge < -0.3 is 13.8 Å². The fraction of sp³-hybridized carbons (Fsp3) is 0.909. The fourth-order valence-electron chi connectivity index (χ4n) is 2.50. The normalized spacial score (nSPS) is 23.2. The Morgan fingerprint density at radius 2 is 2.00 bits per heavy atom. The van der Waals surface area contributed by atoms with Crippen molar-refractivity contribution < 1.29 is 13.7 Å². The minimum atomic E-state index is -0.400. The highest BCUT2D eigenvalue weighted by Crippen LogP contribution is 2.51. The predicted molar refractivity (Wildman–Crippen MR) is 76.0 cm³/mol. The van der Waals surface area contributed by atoms with E-state index in [-0.39, 0.29) is 6.09 Å². The number of ether oxygens (including phenoxy) is 1. The van der Waals surface area contributed by atoms with Crippen LogP contribution in [-0.4, -0.2) is 35.8 Å². The topological polar surface area (TPSA) is 38.8 Å². The lowest BCUT2D eigenvalue weighted by Gasteiger charge is -2.57. The number of hydrogen-bond donors (Lipinski definition) is 0. The molecule has 1 aliphatic heterocycles. The van der Waals surface area contributed by atoms with E-state index >= 15 is 0 Å². The predicted octanol–water partition coefficient (Wildman–Crippen LogP) is 3.40. The number of likely N-dealkylation sites (tertiary alicyclic amines) is 1. The zero-order valence-corrected chi connectivity index (χ0v) is 13.3. The maximum atomic E-state index is 11.7. The molecule has 4 nitrogen and oxygen atoms in total. The van der Waals surface area contributed by atoms with Gasteiger partial charge in [-0.3, -0.25) is 0 Å². The molecule has 1 saturated carbocycles. The van der Waals surface area contributed by atoms with Gasteiger partial charge in [-0.25, -0.2) is 4.79 Å². The summed E-state index contributed by atoms with van der Waals surface area (Å²) < 4.78 is 10.8. The highest BCUT2D eigenvalue weighted by atomic mass is 127. The molecule has 2 fully saturated rings. The third-order valence-electron chi connectivity index (χ3n) is 3.20. The number of carbonyl (C=O) groups is 1. The van der Waals surface area contributed by atoms with Gasteiger partial charge in [0.1, 0.15) is 5.60 Å². The second-order valence-electron chi connectivity index (χ2n) is 6.03. The van der Waals surface area contributed by atoms with Gasteiger partial charge in [0.25, 0.3) is 0 Å². The van der Waals surface area contributed by atoms with Crippen LogP contribution in [-0.2, 0) is 8.92 Å². The highest BCUT2D eigenvalue weighted by molar-refractivity contribution is 14.2. The number of amides is 1. The molecule has 17 heavy (non-hydrogen) atoms. The van der Waals surface area contributed by atoms with Gasteiger partial charge in [0, 0.05) is 39.7 Å². The molecular weight excluding hydrogens is 353 g/mol. The third kappa shape index (κ3) is 3.20. The molecule has 1 amide bonds. The molecule has 1 aliphatic carbocycles. The zero-order valence-electron chi connectivity index (χ0n) is 10.4. The van der Waals surface area contributed by atoms with Gasteiger partial charge in [0.15, 0.2) is 0 Å². The van der Waals surface area contributed by atoms with Crippen molar-refractivity contribution >= 4 is 36.5 Å². The fourth-order valence-corrected chi connectivity index (χ4v) is 3.62. The second-order valence-corrected chi connectivity index (χ2v) is 7.42. The van der Waals surface area contributed by atoms with Crippen molar-refractivity contribution in [3.8, 4) is 0 Å². The highest BCUT2D eigenvalue weighted by Gasteiger charge is 2.55. The molecule has 0 unspecified atom stereocenters. The first kappa shape index (κ1) is 13.7. The second kappa shape index (κ2) is 4.77. The number of carbonyl (C=O) groups excluding carboxylic acids is 1. The van der Waals surface area contributed by atoms with Crippen LogP contribution in [0.1, 0.15) is 33.6 Å². The van der Waals surface area contributed by atoms with Crippen LogP contribution in [0.3, 0.4) is 0 Å². The standard InChI is InChI=1S/C11H18INO3S/c1-10(2,3)15-9(14)13-6-11(7-13)4-8(5-11)16-17-12/h8H,4-7H2,1-3H3. The molecular formula is C11H18INO3S. The maximum absolute atomic E-state index is 11.7. The Kier molecular flexibility index (Phi) is 3.85. The average molecular weight is 371 g/mol. The molecule has 0 aromatic carbocycles. The summed E-state index contributed by atoms with van der Waals surface area (Å²) in [5.41, 5.74) is -0.0725. The third-order valence-corrected chi connectivity index (χ3v) is 4.17. The Balaban J connectivity index is 1.71. The lowest BCUT2D eigenvalue weighted by Crippen LogP contribution is -2.65. The Bertz CT molecular complexity index is 304. The summed E-state index contributed by atoms with van der Waals surface area (Å²) in [5, 5.41) is 0. The number of rotatable bonds is 2. The van der Waals surface area contributed by atoms with Gasteiger partial charge in [0.2, 0.25) is 0 Å². The molecule has 98 valence electrons. The van der Waals surface area contributed by atoms with E-state index in [1.165, 1.54) is 9.21 Å². The molecule has 0 bridgehead atoms. The van der Waals surface area contributed by atoms with E-state index < -0.39 is 5.60 Å². The minimum absolute atomic E-state index is 0.184. The summed E-state index contributed by atoms with van der Waals surface area (Å²) in [6.07, 6.45) is 2.33. The SMILES string of the molecule is CC(C)(C)OC(=O)N1CC2(CC(OSI)C2)C1.